The molecule has 0 amide bonds. The van der Waals surface area contributed by atoms with Crippen LogP contribution >= 0.6 is 39.0 Å². The maximum Gasteiger partial charge on any atom is 0.0646 e. The summed E-state index contributed by atoms with van der Waals surface area (Å²) in [6, 6.07) is 11.2. The van der Waals surface area contributed by atoms with Crippen LogP contribution in [0, 0.1) is 0 Å². The summed E-state index contributed by atoms with van der Waals surface area (Å²) in [5.74, 6) is 0. The molecule has 4 heteroatoms. The van der Waals surface area contributed by atoms with E-state index in [2.05, 4.69) is 70.8 Å². The highest BCUT2D eigenvalue weighted by Gasteiger charge is 2.12. The van der Waals surface area contributed by atoms with Gasteiger partial charge in [-0.3, -0.25) is 0 Å². The lowest BCUT2D eigenvalue weighted by Gasteiger charge is -2.17. The monoisotopic (exact) mass is 355 g/mol. The van der Waals surface area contributed by atoms with Gasteiger partial charge in [0.25, 0.3) is 0 Å². The SMILES string of the molecule is CCCNC(C)c1cc(Br)ccc1Sc1cccs1. The summed E-state index contributed by atoms with van der Waals surface area (Å²) in [6.45, 7) is 5.48. The Bertz CT molecular complexity index is 511. The Kier molecular flexibility index (Phi) is 5.95. The van der Waals surface area contributed by atoms with Crippen molar-refractivity contribution < 1.29 is 0 Å². The summed E-state index contributed by atoms with van der Waals surface area (Å²) in [7, 11) is 0. The van der Waals surface area contributed by atoms with Crippen molar-refractivity contribution in [1.29, 1.82) is 0 Å². The van der Waals surface area contributed by atoms with E-state index in [0.29, 0.717) is 6.04 Å². The highest BCUT2D eigenvalue weighted by molar-refractivity contribution is 9.10. The second-order valence-corrected chi connectivity index (χ2v) is 7.60. The molecule has 1 unspecified atom stereocenters. The number of hydrogen-bond acceptors (Lipinski definition) is 3. The third-order valence-electron chi connectivity index (χ3n) is 2.84. The van der Waals surface area contributed by atoms with E-state index in [1.54, 1.807) is 11.3 Å². The van der Waals surface area contributed by atoms with Gasteiger partial charge in [-0.2, -0.15) is 0 Å². The van der Waals surface area contributed by atoms with Crippen LogP contribution in [-0.2, 0) is 0 Å². The van der Waals surface area contributed by atoms with Gasteiger partial charge in [-0.15, -0.1) is 11.3 Å². The molecular weight excluding hydrogens is 338 g/mol. The van der Waals surface area contributed by atoms with Gasteiger partial charge >= 0.3 is 0 Å². The predicted molar refractivity (Wildman–Crippen MR) is 89.3 cm³/mol. The molecule has 19 heavy (non-hydrogen) atoms. The van der Waals surface area contributed by atoms with Gasteiger partial charge < -0.3 is 5.32 Å². The van der Waals surface area contributed by atoms with Crippen LogP contribution in [0.15, 0.2) is 49.3 Å². The van der Waals surface area contributed by atoms with Gasteiger partial charge in [-0.25, -0.2) is 0 Å². The summed E-state index contributed by atoms with van der Waals surface area (Å²) in [6.07, 6.45) is 1.16. The molecule has 1 heterocycles. The van der Waals surface area contributed by atoms with Gasteiger partial charge in [-0.1, -0.05) is 40.7 Å². The minimum atomic E-state index is 0.375. The van der Waals surface area contributed by atoms with Crippen molar-refractivity contribution in [2.24, 2.45) is 0 Å². The summed E-state index contributed by atoms with van der Waals surface area (Å²) in [4.78, 5) is 1.33. The van der Waals surface area contributed by atoms with Crippen molar-refractivity contribution in [1.82, 2.24) is 5.32 Å². The van der Waals surface area contributed by atoms with E-state index in [-0.39, 0.29) is 0 Å². The van der Waals surface area contributed by atoms with Gasteiger partial charge in [0.2, 0.25) is 0 Å². The van der Waals surface area contributed by atoms with E-state index >= 15 is 0 Å². The molecule has 0 spiro atoms. The summed E-state index contributed by atoms with van der Waals surface area (Å²) in [5.41, 5.74) is 1.36. The fourth-order valence-electron chi connectivity index (χ4n) is 1.85. The molecule has 1 N–H and O–H groups in total. The van der Waals surface area contributed by atoms with E-state index in [0.717, 1.165) is 17.4 Å². The number of rotatable bonds is 6. The maximum atomic E-state index is 3.58. The first-order chi connectivity index (χ1) is 9.20. The van der Waals surface area contributed by atoms with Gasteiger partial charge in [0.05, 0.1) is 4.21 Å². The molecule has 0 aliphatic carbocycles. The number of thiophene rings is 1. The third-order valence-corrected chi connectivity index (χ3v) is 5.47. The molecule has 0 radical (unpaired) electrons. The van der Waals surface area contributed by atoms with Crippen LogP contribution in [0.3, 0.4) is 0 Å². The molecule has 0 bridgehead atoms. The number of benzene rings is 1. The second-order valence-electron chi connectivity index (χ2n) is 4.39. The molecule has 0 aliphatic heterocycles. The smallest absolute Gasteiger partial charge is 0.0646 e. The first-order valence-corrected chi connectivity index (χ1v) is 8.93. The zero-order valence-corrected chi connectivity index (χ0v) is 14.4. The van der Waals surface area contributed by atoms with Crippen molar-refractivity contribution in [2.75, 3.05) is 6.54 Å². The van der Waals surface area contributed by atoms with Crippen LogP contribution in [0.25, 0.3) is 0 Å². The minimum Gasteiger partial charge on any atom is -0.310 e. The van der Waals surface area contributed by atoms with Gasteiger partial charge in [0.15, 0.2) is 0 Å². The van der Waals surface area contributed by atoms with Crippen molar-refractivity contribution in [2.45, 2.75) is 35.4 Å². The predicted octanol–water partition coefficient (Wildman–Crippen LogP) is 5.72. The van der Waals surface area contributed by atoms with Crippen LogP contribution in [-0.4, -0.2) is 6.54 Å². The Morgan fingerprint density at radius 3 is 2.89 bits per heavy atom. The number of halogens is 1. The van der Waals surface area contributed by atoms with E-state index in [9.17, 15) is 0 Å². The lowest BCUT2D eigenvalue weighted by molar-refractivity contribution is 0.563. The second kappa shape index (κ2) is 7.48. The average molecular weight is 356 g/mol. The Morgan fingerprint density at radius 1 is 1.37 bits per heavy atom. The standard InChI is InChI=1S/C15H18BrNS2/c1-3-8-17-11(2)13-10-12(16)6-7-14(13)19-15-5-4-9-18-15/h4-7,9-11,17H,3,8H2,1-2H3. The average Bonchev–Trinajstić information content (AvgIpc) is 2.91. The molecule has 0 aliphatic rings. The first-order valence-electron chi connectivity index (χ1n) is 6.45. The Morgan fingerprint density at radius 2 is 2.21 bits per heavy atom. The molecular formula is C15H18BrNS2. The third kappa shape index (κ3) is 4.35. The van der Waals surface area contributed by atoms with Crippen LogP contribution in [0.4, 0.5) is 0 Å². The molecule has 2 aromatic rings. The van der Waals surface area contributed by atoms with Gasteiger partial charge in [0, 0.05) is 15.4 Å². The molecule has 0 fully saturated rings. The summed E-state index contributed by atoms with van der Waals surface area (Å²) < 4.78 is 2.48. The highest BCUT2D eigenvalue weighted by Crippen LogP contribution is 2.36. The van der Waals surface area contributed by atoms with E-state index in [4.69, 9.17) is 0 Å². The quantitative estimate of drug-likeness (QED) is 0.710. The van der Waals surface area contributed by atoms with Crippen LogP contribution in [0.1, 0.15) is 31.9 Å². The lowest BCUT2D eigenvalue weighted by Crippen LogP contribution is -2.19. The number of nitrogens with one attached hydrogen (secondary N) is 1. The van der Waals surface area contributed by atoms with E-state index in [1.807, 2.05) is 11.8 Å². The molecule has 1 aromatic carbocycles. The largest absolute Gasteiger partial charge is 0.310 e. The van der Waals surface area contributed by atoms with E-state index < -0.39 is 0 Å². The van der Waals surface area contributed by atoms with Crippen LogP contribution in [0.5, 0.6) is 0 Å². The zero-order valence-electron chi connectivity index (χ0n) is 11.2. The van der Waals surface area contributed by atoms with Crippen molar-refractivity contribution in [3.63, 3.8) is 0 Å². The number of hydrogen-bond donors (Lipinski definition) is 1. The fraction of sp³-hybridized carbons (Fsp3) is 0.333. The minimum absolute atomic E-state index is 0.375. The Hall–Kier alpha value is -0.290. The molecule has 102 valence electrons. The highest BCUT2D eigenvalue weighted by atomic mass is 79.9. The normalized spacial score (nSPS) is 12.6. The Balaban J connectivity index is 2.22. The molecule has 2 rings (SSSR count). The summed E-state index contributed by atoms with van der Waals surface area (Å²) >= 11 is 7.22. The topological polar surface area (TPSA) is 12.0 Å². The molecule has 0 saturated carbocycles. The van der Waals surface area contributed by atoms with Crippen molar-refractivity contribution in [3.8, 4) is 0 Å². The summed E-state index contributed by atoms with van der Waals surface area (Å²) in [5, 5.41) is 5.69. The van der Waals surface area contributed by atoms with Gasteiger partial charge in [0.1, 0.15) is 0 Å². The van der Waals surface area contributed by atoms with Crippen LogP contribution < -0.4 is 5.32 Å². The molecule has 1 aromatic heterocycles. The maximum absolute atomic E-state index is 3.58. The molecule has 1 nitrogen and oxygen atoms in total. The van der Waals surface area contributed by atoms with Crippen molar-refractivity contribution in [3.05, 3.63) is 45.7 Å². The first kappa shape index (κ1) is 15.1. The van der Waals surface area contributed by atoms with E-state index in [1.165, 1.54) is 14.7 Å². The molecule has 0 saturated heterocycles. The zero-order chi connectivity index (χ0) is 13.7. The molecule has 1 atom stereocenters. The van der Waals surface area contributed by atoms with Crippen molar-refractivity contribution >= 4 is 39.0 Å². The lowest BCUT2D eigenvalue weighted by atomic mass is 10.1. The fourth-order valence-corrected chi connectivity index (χ4v) is 4.16. The van der Waals surface area contributed by atoms with Gasteiger partial charge in [-0.05, 0) is 55.1 Å². The Labute approximate surface area is 131 Å². The van der Waals surface area contributed by atoms with Crippen LogP contribution in [0.2, 0.25) is 0 Å².